The van der Waals surface area contributed by atoms with E-state index in [9.17, 15) is 13.2 Å². The van der Waals surface area contributed by atoms with E-state index in [1.54, 1.807) is 28.6 Å². The van der Waals surface area contributed by atoms with Crippen molar-refractivity contribution in [2.45, 2.75) is 37.2 Å². The van der Waals surface area contributed by atoms with Gasteiger partial charge in [0.2, 0.25) is 10.0 Å². The summed E-state index contributed by atoms with van der Waals surface area (Å²) in [5, 5.41) is 5.59. The molecule has 150 valence electrons. The highest BCUT2D eigenvalue weighted by molar-refractivity contribution is 9.10. The van der Waals surface area contributed by atoms with Gasteiger partial charge in [0.25, 0.3) is 0 Å². The van der Waals surface area contributed by atoms with Crippen molar-refractivity contribution in [1.82, 2.24) is 14.9 Å². The first-order valence-electron chi connectivity index (χ1n) is 9.30. The van der Waals surface area contributed by atoms with Crippen LogP contribution in [0.2, 0.25) is 0 Å². The Morgan fingerprint density at radius 1 is 0.929 bits per heavy atom. The van der Waals surface area contributed by atoms with Gasteiger partial charge in [0.15, 0.2) is 0 Å². The molecule has 1 aliphatic heterocycles. The number of benzene rings is 2. The van der Waals surface area contributed by atoms with Crippen molar-refractivity contribution in [1.29, 1.82) is 0 Å². The number of rotatable bonds is 6. The van der Waals surface area contributed by atoms with Crippen molar-refractivity contribution in [2.75, 3.05) is 13.1 Å². The fourth-order valence-electron chi connectivity index (χ4n) is 3.11. The standard InChI is InChI=1S/C20H24BrN3O3S/c21-18-6-4-5-17(13-18)15-23-20(25)22-14-16-7-9-19(10-8-16)28(26,27)24-11-2-1-3-12-24/h4-10,13H,1-3,11-12,14-15H2,(H2,22,23,25). The van der Waals surface area contributed by atoms with Crippen LogP contribution in [0.5, 0.6) is 0 Å². The topological polar surface area (TPSA) is 78.5 Å². The van der Waals surface area contributed by atoms with Crippen LogP contribution in [-0.2, 0) is 23.1 Å². The summed E-state index contributed by atoms with van der Waals surface area (Å²) < 4.78 is 27.8. The number of carbonyl (C=O) groups is 1. The minimum Gasteiger partial charge on any atom is -0.334 e. The Hall–Kier alpha value is -1.90. The molecule has 0 spiro atoms. The van der Waals surface area contributed by atoms with E-state index in [-0.39, 0.29) is 6.03 Å². The van der Waals surface area contributed by atoms with Gasteiger partial charge in [0.05, 0.1) is 4.90 Å². The van der Waals surface area contributed by atoms with Crippen molar-refractivity contribution in [2.24, 2.45) is 0 Å². The van der Waals surface area contributed by atoms with E-state index in [2.05, 4.69) is 26.6 Å². The van der Waals surface area contributed by atoms with Gasteiger partial charge in [-0.15, -0.1) is 0 Å². The minimum atomic E-state index is -3.42. The molecule has 1 aliphatic rings. The van der Waals surface area contributed by atoms with Gasteiger partial charge in [0.1, 0.15) is 0 Å². The molecule has 2 aromatic carbocycles. The van der Waals surface area contributed by atoms with Gasteiger partial charge in [-0.25, -0.2) is 13.2 Å². The molecular weight excluding hydrogens is 442 g/mol. The van der Waals surface area contributed by atoms with Crippen LogP contribution in [0.25, 0.3) is 0 Å². The van der Waals surface area contributed by atoms with Crippen LogP contribution in [0, 0.1) is 0 Å². The normalized spacial score (nSPS) is 15.2. The van der Waals surface area contributed by atoms with Crippen molar-refractivity contribution in [3.63, 3.8) is 0 Å². The number of amides is 2. The van der Waals surface area contributed by atoms with Crippen LogP contribution < -0.4 is 10.6 Å². The van der Waals surface area contributed by atoms with Gasteiger partial charge in [-0.3, -0.25) is 0 Å². The zero-order chi connectivity index (χ0) is 20.0. The van der Waals surface area contributed by atoms with Crippen LogP contribution in [0.1, 0.15) is 30.4 Å². The first kappa shape index (κ1) is 20.8. The summed E-state index contributed by atoms with van der Waals surface area (Å²) in [6.07, 6.45) is 2.91. The molecule has 2 amide bonds. The Labute approximate surface area is 174 Å². The summed E-state index contributed by atoms with van der Waals surface area (Å²) in [5.41, 5.74) is 1.84. The second-order valence-corrected chi connectivity index (χ2v) is 9.63. The molecule has 0 aliphatic carbocycles. The predicted molar refractivity (Wildman–Crippen MR) is 112 cm³/mol. The van der Waals surface area contributed by atoms with Crippen LogP contribution in [-0.4, -0.2) is 31.8 Å². The number of urea groups is 1. The Bertz CT molecular complexity index is 911. The van der Waals surface area contributed by atoms with Crippen LogP contribution in [0.15, 0.2) is 57.9 Å². The molecule has 2 N–H and O–H groups in total. The molecule has 0 unspecified atom stereocenters. The molecular formula is C20H24BrN3O3S. The highest BCUT2D eigenvalue weighted by atomic mass is 79.9. The van der Waals surface area contributed by atoms with Gasteiger partial charge < -0.3 is 10.6 Å². The molecule has 1 saturated heterocycles. The largest absolute Gasteiger partial charge is 0.334 e. The summed E-state index contributed by atoms with van der Waals surface area (Å²) in [5.74, 6) is 0. The number of halogens is 1. The maximum absolute atomic E-state index is 12.7. The van der Waals surface area contributed by atoms with Crippen LogP contribution in [0.4, 0.5) is 4.79 Å². The maximum atomic E-state index is 12.7. The molecule has 8 heteroatoms. The Morgan fingerprint density at radius 3 is 2.21 bits per heavy atom. The zero-order valence-corrected chi connectivity index (χ0v) is 17.9. The first-order valence-corrected chi connectivity index (χ1v) is 11.5. The number of hydrogen-bond acceptors (Lipinski definition) is 3. The summed E-state index contributed by atoms with van der Waals surface area (Å²) in [6, 6.07) is 14.2. The molecule has 0 saturated carbocycles. The lowest BCUT2D eigenvalue weighted by Crippen LogP contribution is -2.35. The van der Waals surface area contributed by atoms with Gasteiger partial charge in [-0.1, -0.05) is 46.6 Å². The smallest absolute Gasteiger partial charge is 0.315 e. The lowest BCUT2D eigenvalue weighted by atomic mass is 10.2. The molecule has 28 heavy (non-hydrogen) atoms. The average Bonchev–Trinajstić information content (AvgIpc) is 2.72. The number of piperidine rings is 1. The van der Waals surface area contributed by atoms with E-state index in [1.807, 2.05) is 24.3 Å². The average molecular weight is 466 g/mol. The number of nitrogens with zero attached hydrogens (tertiary/aromatic N) is 1. The van der Waals surface area contributed by atoms with E-state index < -0.39 is 10.0 Å². The quantitative estimate of drug-likeness (QED) is 0.683. The Balaban J connectivity index is 1.50. The van der Waals surface area contributed by atoms with Gasteiger partial charge in [0, 0.05) is 30.7 Å². The zero-order valence-electron chi connectivity index (χ0n) is 15.5. The van der Waals surface area contributed by atoms with E-state index in [0.29, 0.717) is 31.1 Å². The number of carbonyl (C=O) groups excluding carboxylic acids is 1. The highest BCUT2D eigenvalue weighted by Crippen LogP contribution is 2.20. The molecule has 3 rings (SSSR count). The van der Waals surface area contributed by atoms with Crippen molar-refractivity contribution < 1.29 is 13.2 Å². The van der Waals surface area contributed by atoms with E-state index in [1.165, 1.54) is 0 Å². The molecule has 0 aromatic heterocycles. The fourth-order valence-corrected chi connectivity index (χ4v) is 5.07. The molecule has 2 aromatic rings. The Morgan fingerprint density at radius 2 is 1.57 bits per heavy atom. The monoisotopic (exact) mass is 465 g/mol. The summed E-state index contributed by atoms with van der Waals surface area (Å²) >= 11 is 3.40. The second kappa shape index (κ2) is 9.54. The maximum Gasteiger partial charge on any atom is 0.315 e. The molecule has 0 radical (unpaired) electrons. The molecule has 1 fully saturated rings. The van der Waals surface area contributed by atoms with Gasteiger partial charge in [-0.05, 0) is 48.2 Å². The first-order chi connectivity index (χ1) is 13.4. The van der Waals surface area contributed by atoms with E-state index in [4.69, 9.17) is 0 Å². The molecule has 0 atom stereocenters. The summed E-state index contributed by atoms with van der Waals surface area (Å²) in [6.45, 7) is 1.93. The minimum absolute atomic E-state index is 0.273. The fraction of sp³-hybridized carbons (Fsp3) is 0.350. The van der Waals surface area contributed by atoms with Crippen molar-refractivity contribution >= 4 is 32.0 Å². The van der Waals surface area contributed by atoms with Gasteiger partial charge >= 0.3 is 6.03 Å². The molecule has 1 heterocycles. The van der Waals surface area contributed by atoms with E-state index >= 15 is 0 Å². The van der Waals surface area contributed by atoms with Crippen LogP contribution in [0.3, 0.4) is 0 Å². The number of hydrogen-bond donors (Lipinski definition) is 2. The van der Waals surface area contributed by atoms with E-state index in [0.717, 1.165) is 34.9 Å². The highest BCUT2D eigenvalue weighted by Gasteiger charge is 2.25. The molecule has 0 bridgehead atoms. The van der Waals surface area contributed by atoms with Crippen molar-refractivity contribution in [3.8, 4) is 0 Å². The SMILES string of the molecule is O=C(NCc1ccc(S(=O)(=O)N2CCCCC2)cc1)NCc1cccc(Br)c1. The van der Waals surface area contributed by atoms with Crippen LogP contribution >= 0.6 is 15.9 Å². The Kier molecular flexibility index (Phi) is 7.09. The third-order valence-corrected chi connectivity index (χ3v) is 7.08. The summed E-state index contributed by atoms with van der Waals surface area (Å²) in [7, 11) is -3.42. The lowest BCUT2D eigenvalue weighted by Gasteiger charge is -2.25. The molecule has 6 nitrogen and oxygen atoms in total. The van der Waals surface area contributed by atoms with Gasteiger partial charge in [-0.2, -0.15) is 4.31 Å². The lowest BCUT2D eigenvalue weighted by molar-refractivity contribution is 0.240. The predicted octanol–water partition coefficient (Wildman–Crippen LogP) is 3.62. The third-order valence-electron chi connectivity index (χ3n) is 4.67. The third kappa shape index (κ3) is 5.56. The summed E-state index contributed by atoms with van der Waals surface area (Å²) in [4.78, 5) is 12.3. The van der Waals surface area contributed by atoms with Crippen molar-refractivity contribution in [3.05, 3.63) is 64.1 Å². The second-order valence-electron chi connectivity index (χ2n) is 6.77. The number of nitrogens with one attached hydrogen (secondary N) is 2. The number of sulfonamides is 1.